The molecule has 0 aliphatic carbocycles. The van der Waals surface area contributed by atoms with Gasteiger partial charge in [-0.15, -0.1) is 0 Å². The number of aromatic nitrogens is 1. The Morgan fingerprint density at radius 1 is 1.33 bits per heavy atom. The molecule has 76 valence electrons. The van der Waals surface area contributed by atoms with Gasteiger partial charge in [0.1, 0.15) is 5.39 Å². The van der Waals surface area contributed by atoms with E-state index >= 15 is 0 Å². The van der Waals surface area contributed by atoms with Gasteiger partial charge < -0.3 is 4.52 Å². The van der Waals surface area contributed by atoms with E-state index in [0.717, 1.165) is 23.1 Å². The van der Waals surface area contributed by atoms with Gasteiger partial charge in [0.2, 0.25) is 0 Å². The van der Waals surface area contributed by atoms with E-state index in [2.05, 4.69) is 6.92 Å². The summed E-state index contributed by atoms with van der Waals surface area (Å²) < 4.78 is 6.07. The lowest BCUT2D eigenvalue weighted by atomic mass is 10.0. The molecule has 1 aliphatic rings. The number of carbonyl (C=O) groups excluding carboxylic acids is 1. The first kappa shape index (κ1) is 8.47. The quantitative estimate of drug-likeness (QED) is 0.635. The highest BCUT2D eigenvalue weighted by atomic mass is 16.5. The Balaban J connectivity index is 2.42. The molecule has 3 rings (SSSR count). The minimum Gasteiger partial charge on any atom is -0.367 e. The van der Waals surface area contributed by atoms with E-state index in [4.69, 9.17) is 4.52 Å². The van der Waals surface area contributed by atoms with Crippen molar-refractivity contribution in [2.75, 3.05) is 0 Å². The molecule has 0 atom stereocenters. The number of carbonyl (C=O) groups is 1. The molecule has 1 aromatic heterocycles. The standard InChI is InChI=1S/C11H9NO3/c1-2-3-6-4-5-7-8-9(6)15-12(10(7)13)11(8)14/h4-5H,2-3H2,1H3. The van der Waals surface area contributed by atoms with Gasteiger partial charge in [-0.1, -0.05) is 24.2 Å². The molecule has 1 aromatic carbocycles. The van der Waals surface area contributed by atoms with Crippen molar-refractivity contribution in [2.45, 2.75) is 19.8 Å². The summed E-state index contributed by atoms with van der Waals surface area (Å²) in [5, 5.41) is 0.450. The normalized spacial score (nSPS) is 13.3. The second-order valence-electron chi connectivity index (χ2n) is 3.72. The van der Waals surface area contributed by atoms with E-state index < -0.39 is 0 Å². The maximum absolute atomic E-state index is 11.6. The highest BCUT2D eigenvalue weighted by molar-refractivity contribution is 6.11. The Morgan fingerprint density at radius 3 is 2.80 bits per heavy atom. The van der Waals surface area contributed by atoms with Crippen LogP contribution in [0.3, 0.4) is 0 Å². The number of hydrogen-bond acceptors (Lipinski definition) is 3. The predicted molar refractivity (Wildman–Crippen MR) is 54.2 cm³/mol. The van der Waals surface area contributed by atoms with Gasteiger partial charge in [0.05, 0.1) is 5.56 Å². The maximum atomic E-state index is 11.6. The SMILES string of the molecule is CCCc1ccc2c3c(=O)n(oc13)C2=O. The summed E-state index contributed by atoms with van der Waals surface area (Å²) in [6.07, 6.45) is 1.84. The van der Waals surface area contributed by atoms with E-state index in [1.165, 1.54) is 0 Å². The lowest BCUT2D eigenvalue weighted by Gasteiger charge is -2.04. The summed E-state index contributed by atoms with van der Waals surface area (Å²) in [5.41, 5.74) is 1.74. The van der Waals surface area contributed by atoms with E-state index in [1.54, 1.807) is 6.07 Å². The number of rotatable bonds is 2. The fourth-order valence-electron chi connectivity index (χ4n) is 2.06. The number of benzene rings is 1. The second kappa shape index (κ2) is 2.59. The monoisotopic (exact) mass is 203 g/mol. The molecule has 0 radical (unpaired) electrons. The van der Waals surface area contributed by atoms with E-state index in [-0.39, 0.29) is 11.5 Å². The fourth-order valence-corrected chi connectivity index (χ4v) is 2.06. The molecule has 0 fully saturated rings. The third-order valence-electron chi connectivity index (χ3n) is 2.75. The summed E-state index contributed by atoms with van der Waals surface area (Å²) >= 11 is 0. The first-order chi connectivity index (χ1) is 7.24. The van der Waals surface area contributed by atoms with Gasteiger partial charge in [0.15, 0.2) is 5.58 Å². The molecule has 0 spiro atoms. The van der Waals surface area contributed by atoms with Crippen molar-refractivity contribution in [1.82, 2.24) is 4.74 Å². The largest absolute Gasteiger partial charge is 0.367 e. The van der Waals surface area contributed by atoms with Crippen LogP contribution in [0.25, 0.3) is 11.0 Å². The molecule has 0 saturated heterocycles. The van der Waals surface area contributed by atoms with Crippen LogP contribution in [0.4, 0.5) is 0 Å². The lowest BCUT2D eigenvalue weighted by Crippen LogP contribution is -2.15. The minimum absolute atomic E-state index is 0.317. The maximum Gasteiger partial charge on any atom is 0.299 e. The van der Waals surface area contributed by atoms with Crippen LogP contribution in [0.5, 0.6) is 0 Å². The van der Waals surface area contributed by atoms with Crippen molar-refractivity contribution in [3.63, 3.8) is 0 Å². The molecule has 2 aromatic rings. The smallest absolute Gasteiger partial charge is 0.299 e. The number of aryl methyl sites for hydroxylation is 1. The molecule has 15 heavy (non-hydrogen) atoms. The average Bonchev–Trinajstić information content (AvgIpc) is 2.67. The number of fused-ring (bicyclic) bond motifs is 1. The number of nitrogens with zero attached hydrogens (tertiary/aromatic N) is 1. The van der Waals surface area contributed by atoms with Crippen LogP contribution in [0.15, 0.2) is 21.5 Å². The van der Waals surface area contributed by atoms with Gasteiger partial charge >= 0.3 is 0 Å². The van der Waals surface area contributed by atoms with Crippen LogP contribution in [-0.2, 0) is 6.42 Å². The fraction of sp³-hybridized carbons (Fsp3) is 0.273. The van der Waals surface area contributed by atoms with Crippen molar-refractivity contribution >= 4 is 16.9 Å². The van der Waals surface area contributed by atoms with Crippen LogP contribution in [0.1, 0.15) is 29.3 Å². The summed E-state index contributed by atoms with van der Waals surface area (Å²) in [6.45, 7) is 2.06. The van der Waals surface area contributed by atoms with Crippen LogP contribution in [0.2, 0.25) is 0 Å². The molecule has 4 nitrogen and oxygen atoms in total. The molecule has 2 heterocycles. The molecular weight excluding hydrogens is 194 g/mol. The van der Waals surface area contributed by atoms with Crippen molar-refractivity contribution in [1.29, 1.82) is 0 Å². The molecule has 1 aliphatic heterocycles. The van der Waals surface area contributed by atoms with Crippen LogP contribution in [0, 0.1) is 0 Å². The molecule has 0 N–H and O–H groups in total. The lowest BCUT2D eigenvalue weighted by molar-refractivity contribution is 0.0855. The Hall–Kier alpha value is -1.84. The van der Waals surface area contributed by atoms with Crippen molar-refractivity contribution in [3.8, 4) is 0 Å². The topological polar surface area (TPSA) is 52.2 Å². The van der Waals surface area contributed by atoms with Crippen LogP contribution < -0.4 is 5.56 Å². The average molecular weight is 203 g/mol. The first-order valence-corrected chi connectivity index (χ1v) is 4.96. The first-order valence-electron chi connectivity index (χ1n) is 4.96. The Kier molecular flexibility index (Phi) is 1.46. The van der Waals surface area contributed by atoms with Crippen LogP contribution in [-0.4, -0.2) is 10.6 Å². The highest BCUT2D eigenvalue weighted by Crippen LogP contribution is 2.27. The van der Waals surface area contributed by atoms with E-state index in [0.29, 0.717) is 16.5 Å². The predicted octanol–water partition coefficient (Wildman–Crippen LogP) is 1.55. The van der Waals surface area contributed by atoms with Crippen molar-refractivity contribution in [2.24, 2.45) is 0 Å². The summed E-state index contributed by atoms with van der Waals surface area (Å²) in [6, 6.07) is 3.58. The van der Waals surface area contributed by atoms with Crippen LogP contribution >= 0.6 is 0 Å². The van der Waals surface area contributed by atoms with Crippen molar-refractivity contribution < 1.29 is 9.32 Å². The van der Waals surface area contributed by atoms with E-state index in [9.17, 15) is 9.59 Å². The summed E-state index contributed by atoms with van der Waals surface area (Å²) in [7, 11) is 0. The Morgan fingerprint density at radius 2 is 2.13 bits per heavy atom. The molecule has 2 bridgehead atoms. The zero-order chi connectivity index (χ0) is 10.6. The second-order valence-corrected chi connectivity index (χ2v) is 3.72. The summed E-state index contributed by atoms with van der Waals surface area (Å²) in [4.78, 5) is 23.1. The highest BCUT2D eigenvalue weighted by Gasteiger charge is 2.30. The molecule has 0 unspecified atom stereocenters. The zero-order valence-corrected chi connectivity index (χ0v) is 8.24. The molecule has 0 saturated carbocycles. The molecule has 0 amide bonds. The minimum atomic E-state index is -0.342. The zero-order valence-electron chi connectivity index (χ0n) is 8.24. The summed E-state index contributed by atoms with van der Waals surface area (Å²) in [5.74, 6) is -0.342. The van der Waals surface area contributed by atoms with Gasteiger partial charge in [-0.25, -0.2) is 0 Å². The Bertz CT molecular complexity index is 633. The molecule has 4 heteroatoms. The van der Waals surface area contributed by atoms with E-state index in [1.807, 2.05) is 6.07 Å². The van der Waals surface area contributed by atoms with Gasteiger partial charge in [0.25, 0.3) is 11.5 Å². The van der Waals surface area contributed by atoms with Gasteiger partial charge in [-0.3, -0.25) is 9.59 Å². The molecular formula is C11H9NO3. The Labute approximate surface area is 85.1 Å². The van der Waals surface area contributed by atoms with Gasteiger partial charge in [-0.2, -0.15) is 0 Å². The van der Waals surface area contributed by atoms with Gasteiger partial charge in [-0.05, 0) is 18.1 Å². The van der Waals surface area contributed by atoms with Gasteiger partial charge in [0, 0.05) is 0 Å². The third-order valence-corrected chi connectivity index (χ3v) is 2.75. The van der Waals surface area contributed by atoms with Crippen molar-refractivity contribution in [3.05, 3.63) is 33.6 Å². The third kappa shape index (κ3) is 0.862. The number of hydrogen-bond donors (Lipinski definition) is 0.